The molecule has 0 aliphatic carbocycles. The first-order valence-electron chi connectivity index (χ1n) is 6.44. The summed E-state index contributed by atoms with van der Waals surface area (Å²) in [4.78, 5) is 17.6. The van der Waals surface area contributed by atoms with Crippen LogP contribution < -0.4 is 4.90 Å². The maximum atomic E-state index is 10.7. The third-order valence-electron chi connectivity index (χ3n) is 3.58. The van der Waals surface area contributed by atoms with E-state index in [9.17, 15) is 4.79 Å². The molecular formula is C14H20N2O. The molecule has 0 bridgehead atoms. The minimum atomic E-state index is 0.608. The molecule has 17 heavy (non-hydrogen) atoms. The number of aromatic nitrogens is 1. The van der Waals surface area contributed by atoms with E-state index in [1.807, 2.05) is 13.0 Å². The molecule has 2 heterocycles. The molecule has 1 aliphatic rings. The molecule has 1 fully saturated rings. The zero-order valence-electron chi connectivity index (χ0n) is 10.6. The van der Waals surface area contributed by atoms with E-state index in [-0.39, 0.29) is 0 Å². The first kappa shape index (κ1) is 12.1. The Kier molecular flexibility index (Phi) is 3.77. The fraction of sp³-hybridized carbons (Fsp3) is 0.571. The molecule has 92 valence electrons. The Balaban J connectivity index is 2.28. The van der Waals surface area contributed by atoms with Gasteiger partial charge in [-0.1, -0.05) is 6.92 Å². The normalized spacial score (nSPS) is 20.4. The van der Waals surface area contributed by atoms with Crippen LogP contribution in [0.4, 0.5) is 5.82 Å². The van der Waals surface area contributed by atoms with Gasteiger partial charge in [-0.2, -0.15) is 0 Å². The molecule has 1 aromatic heterocycles. The molecule has 0 radical (unpaired) electrons. The van der Waals surface area contributed by atoms with Crippen molar-refractivity contribution in [1.29, 1.82) is 0 Å². The Hall–Kier alpha value is -1.38. The summed E-state index contributed by atoms with van der Waals surface area (Å²) in [6, 6.07) is 2.54. The lowest BCUT2D eigenvalue weighted by atomic mass is 9.99. The van der Waals surface area contributed by atoms with Crippen LogP contribution in [0.15, 0.2) is 12.3 Å². The highest BCUT2D eigenvalue weighted by Gasteiger charge is 2.23. The predicted molar refractivity (Wildman–Crippen MR) is 69.6 cm³/mol. The van der Waals surface area contributed by atoms with Crippen LogP contribution in [-0.2, 0) is 0 Å². The third-order valence-corrected chi connectivity index (χ3v) is 3.58. The van der Waals surface area contributed by atoms with Crippen molar-refractivity contribution in [2.75, 3.05) is 11.4 Å². The van der Waals surface area contributed by atoms with E-state index < -0.39 is 0 Å². The molecule has 0 amide bonds. The summed E-state index contributed by atoms with van der Waals surface area (Å²) in [5.41, 5.74) is 1.77. The Morgan fingerprint density at radius 2 is 2.35 bits per heavy atom. The van der Waals surface area contributed by atoms with Gasteiger partial charge >= 0.3 is 0 Å². The highest BCUT2D eigenvalue weighted by Crippen LogP contribution is 2.27. The van der Waals surface area contributed by atoms with Gasteiger partial charge in [0.1, 0.15) is 5.82 Å². The fourth-order valence-corrected chi connectivity index (χ4v) is 2.66. The van der Waals surface area contributed by atoms with E-state index in [0.29, 0.717) is 11.6 Å². The van der Waals surface area contributed by atoms with Gasteiger partial charge in [0.2, 0.25) is 0 Å². The summed E-state index contributed by atoms with van der Waals surface area (Å²) in [5, 5.41) is 0. The monoisotopic (exact) mass is 232 g/mol. The van der Waals surface area contributed by atoms with Crippen LogP contribution in [0.5, 0.6) is 0 Å². The van der Waals surface area contributed by atoms with Gasteiger partial charge in [0.25, 0.3) is 0 Å². The molecule has 2 rings (SSSR count). The zero-order chi connectivity index (χ0) is 12.3. The van der Waals surface area contributed by atoms with E-state index in [0.717, 1.165) is 30.6 Å². The van der Waals surface area contributed by atoms with Gasteiger partial charge in [0.15, 0.2) is 6.29 Å². The first-order chi connectivity index (χ1) is 8.26. The van der Waals surface area contributed by atoms with Gasteiger partial charge in [0.05, 0.1) is 0 Å². The van der Waals surface area contributed by atoms with E-state index in [1.54, 1.807) is 6.20 Å². The quantitative estimate of drug-likeness (QED) is 0.751. The summed E-state index contributed by atoms with van der Waals surface area (Å²) in [6.07, 6.45) is 7.52. The molecule has 1 aliphatic heterocycles. The summed E-state index contributed by atoms with van der Waals surface area (Å²) in [5.74, 6) is 1.06. The molecule has 1 aromatic rings. The minimum absolute atomic E-state index is 0.608. The van der Waals surface area contributed by atoms with Crippen LogP contribution in [0.25, 0.3) is 0 Å². The molecule has 3 nitrogen and oxygen atoms in total. The number of nitrogens with zero attached hydrogens (tertiary/aromatic N) is 2. The van der Waals surface area contributed by atoms with Crippen molar-refractivity contribution in [3.63, 3.8) is 0 Å². The highest BCUT2D eigenvalue weighted by atomic mass is 16.1. The van der Waals surface area contributed by atoms with Crippen LogP contribution in [-0.4, -0.2) is 23.9 Å². The van der Waals surface area contributed by atoms with Crippen LogP contribution >= 0.6 is 0 Å². The van der Waals surface area contributed by atoms with Crippen LogP contribution in [0.3, 0.4) is 0 Å². The third kappa shape index (κ3) is 2.48. The number of carbonyl (C=O) groups excluding carboxylic acids is 1. The number of pyridine rings is 1. The number of aldehydes is 1. The Morgan fingerprint density at radius 1 is 1.53 bits per heavy atom. The highest BCUT2D eigenvalue weighted by molar-refractivity contribution is 5.75. The van der Waals surface area contributed by atoms with Crippen LogP contribution in [0.2, 0.25) is 0 Å². The lowest BCUT2D eigenvalue weighted by molar-refractivity contribution is 0.112. The van der Waals surface area contributed by atoms with Crippen LogP contribution in [0, 0.1) is 6.92 Å². The molecule has 1 atom stereocenters. The maximum Gasteiger partial charge on any atom is 0.151 e. The number of aryl methyl sites for hydroxylation is 1. The second-order valence-electron chi connectivity index (χ2n) is 4.78. The number of anilines is 1. The maximum absolute atomic E-state index is 10.7. The van der Waals surface area contributed by atoms with Crippen molar-refractivity contribution in [3.8, 4) is 0 Å². The minimum Gasteiger partial charge on any atom is -0.353 e. The average Bonchev–Trinajstić information content (AvgIpc) is 2.38. The summed E-state index contributed by atoms with van der Waals surface area (Å²) < 4.78 is 0. The summed E-state index contributed by atoms with van der Waals surface area (Å²) >= 11 is 0. The first-order valence-corrected chi connectivity index (χ1v) is 6.44. The average molecular weight is 232 g/mol. The second kappa shape index (κ2) is 5.30. The summed E-state index contributed by atoms with van der Waals surface area (Å²) in [7, 11) is 0. The molecule has 0 spiro atoms. The van der Waals surface area contributed by atoms with E-state index in [1.165, 1.54) is 19.3 Å². The van der Waals surface area contributed by atoms with Crippen molar-refractivity contribution in [2.45, 2.75) is 45.6 Å². The van der Waals surface area contributed by atoms with Gasteiger partial charge in [-0.05, 0) is 44.2 Å². The molecular weight excluding hydrogens is 212 g/mol. The largest absolute Gasteiger partial charge is 0.353 e. The number of hydrogen-bond donors (Lipinski definition) is 0. The molecule has 3 heteroatoms. The smallest absolute Gasteiger partial charge is 0.151 e. The number of piperidine rings is 1. The second-order valence-corrected chi connectivity index (χ2v) is 4.78. The number of rotatable bonds is 3. The zero-order valence-corrected chi connectivity index (χ0v) is 10.6. The Labute approximate surface area is 103 Å². The Morgan fingerprint density at radius 3 is 3.00 bits per heavy atom. The van der Waals surface area contributed by atoms with E-state index in [2.05, 4.69) is 16.8 Å². The molecule has 0 aromatic carbocycles. The molecule has 0 N–H and O–H groups in total. The van der Waals surface area contributed by atoms with Gasteiger partial charge in [0, 0.05) is 24.3 Å². The van der Waals surface area contributed by atoms with Gasteiger partial charge in [-0.15, -0.1) is 0 Å². The van der Waals surface area contributed by atoms with Crippen molar-refractivity contribution in [2.24, 2.45) is 0 Å². The molecule has 1 saturated heterocycles. The van der Waals surface area contributed by atoms with Crippen molar-refractivity contribution < 1.29 is 4.79 Å². The number of carbonyl (C=O) groups is 1. The predicted octanol–water partition coefficient (Wildman–Crippen LogP) is 2.97. The van der Waals surface area contributed by atoms with Gasteiger partial charge < -0.3 is 4.90 Å². The summed E-state index contributed by atoms with van der Waals surface area (Å²) in [6.45, 7) is 5.36. The SMILES string of the molecule is CCC1CCCCN1c1ncc(C=O)cc1C. The van der Waals surface area contributed by atoms with Crippen LogP contribution in [0.1, 0.15) is 48.5 Å². The van der Waals surface area contributed by atoms with Crippen molar-refractivity contribution in [3.05, 3.63) is 23.4 Å². The standard InChI is InChI=1S/C14H20N2O/c1-3-13-6-4-5-7-16(13)14-11(2)8-12(10-17)9-15-14/h8-10,13H,3-7H2,1-2H3. The van der Waals surface area contributed by atoms with Crippen molar-refractivity contribution in [1.82, 2.24) is 4.98 Å². The van der Waals surface area contributed by atoms with E-state index >= 15 is 0 Å². The topological polar surface area (TPSA) is 33.2 Å². The molecule has 1 unspecified atom stereocenters. The van der Waals surface area contributed by atoms with Gasteiger partial charge in [-0.25, -0.2) is 4.98 Å². The Bertz CT molecular complexity index is 403. The van der Waals surface area contributed by atoms with Gasteiger partial charge in [-0.3, -0.25) is 4.79 Å². The number of hydrogen-bond acceptors (Lipinski definition) is 3. The van der Waals surface area contributed by atoms with E-state index in [4.69, 9.17) is 0 Å². The molecule has 0 saturated carbocycles. The lowest BCUT2D eigenvalue weighted by Gasteiger charge is -2.37. The van der Waals surface area contributed by atoms with Crippen molar-refractivity contribution >= 4 is 12.1 Å². The fourth-order valence-electron chi connectivity index (χ4n) is 2.66. The lowest BCUT2D eigenvalue weighted by Crippen LogP contribution is -2.40.